The lowest BCUT2D eigenvalue weighted by Gasteiger charge is -2.08. The molecule has 2 rings (SSSR count). The normalized spacial score (nSPS) is 11.4. The van der Waals surface area contributed by atoms with E-state index in [1.165, 1.54) is 19.2 Å². The van der Waals surface area contributed by atoms with Crippen molar-refractivity contribution in [1.82, 2.24) is 9.78 Å². The van der Waals surface area contributed by atoms with Crippen molar-refractivity contribution in [2.24, 2.45) is 7.05 Å². The zero-order valence-corrected chi connectivity index (χ0v) is 10.2. The van der Waals surface area contributed by atoms with E-state index in [2.05, 4.69) is 9.84 Å². The lowest BCUT2D eigenvalue weighted by molar-refractivity contribution is -0.274. The SMILES string of the molecule is Cn1[nH]c(-c2ccc(OC(F)(F)F)cc2)c(C=O)c1=O. The van der Waals surface area contributed by atoms with Crippen LogP contribution in [-0.2, 0) is 7.05 Å². The second kappa shape index (κ2) is 4.87. The molecule has 20 heavy (non-hydrogen) atoms. The van der Waals surface area contributed by atoms with Crippen LogP contribution in [0.5, 0.6) is 5.75 Å². The van der Waals surface area contributed by atoms with Gasteiger partial charge >= 0.3 is 6.36 Å². The maximum atomic E-state index is 12.0. The van der Waals surface area contributed by atoms with E-state index >= 15 is 0 Å². The van der Waals surface area contributed by atoms with Crippen LogP contribution >= 0.6 is 0 Å². The number of aryl methyl sites for hydroxylation is 1. The number of ether oxygens (including phenoxy) is 1. The van der Waals surface area contributed by atoms with Gasteiger partial charge in [-0.3, -0.25) is 19.4 Å². The van der Waals surface area contributed by atoms with Gasteiger partial charge in [0.25, 0.3) is 5.56 Å². The highest BCUT2D eigenvalue weighted by Crippen LogP contribution is 2.26. The summed E-state index contributed by atoms with van der Waals surface area (Å²) in [5.41, 5.74) is 0.0491. The number of nitrogens with zero attached hydrogens (tertiary/aromatic N) is 1. The third-order valence-corrected chi connectivity index (χ3v) is 2.58. The topological polar surface area (TPSA) is 64.1 Å². The molecule has 0 radical (unpaired) electrons. The van der Waals surface area contributed by atoms with E-state index in [9.17, 15) is 22.8 Å². The van der Waals surface area contributed by atoms with Crippen molar-refractivity contribution in [2.45, 2.75) is 6.36 Å². The van der Waals surface area contributed by atoms with Crippen molar-refractivity contribution in [2.75, 3.05) is 0 Å². The number of carbonyl (C=O) groups is 1. The van der Waals surface area contributed by atoms with E-state index in [1.807, 2.05) is 0 Å². The molecule has 0 spiro atoms. The molecule has 0 saturated heterocycles. The number of aromatic nitrogens is 2. The Bertz CT molecular complexity index is 683. The van der Waals surface area contributed by atoms with Crippen LogP contribution in [0.15, 0.2) is 29.1 Å². The molecular weight excluding hydrogens is 277 g/mol. The first kappa shape index (κ1) is 13.9. The quantitative estimate of drug-likeness (QED) is 0.879. The number of halogens is 3. The van der Waals surface area contributed by atoms with E-state index in [-0.39, 0.29) is 17.0 Å². The second-order valence-electron chi connectivity index (χ2n) is 3.95. The van der Waals surface area contributed by atoms with Gasteiger partial charge in [0, 0.05) is 12.6 Å². The molecular formula is C12H9F3N2O3. The molecule has 0 amide bonds. The Morgan fingerprint density at radius 3 is 2.35 bits per heavy atom. The highest BCUT2D eigenvalue weighted by molar-refractivity contribution is 5.85. The minimum atomic E-state index is -4.77. The smallest absolute Gasteiger partial charge is 0.406 e. The molecule has 5 nitrogen and oxygen atoms in total. The predicted octanol–water partition coefficient (Wildman–Crippen LogP) is 2.09. The van der Waals surface area contributed by atoms with Crippen LogP contribution < -0.4 is 10.3 Å². The highest BCUT2D eigenvalue weighted by Gasteiger charge is 2.31. The van der Waals surface area contributed by atoms with Crippen molar-refractivity contribution in [3.63, 3.8) is 0 Å². The molecule has 1 aromatic carbocycles. The number of benzene rings is 1. The van der Waals surface area contributed by atoms with Gasteiger partial charge in [-0.05, 0) is 24.3 Å². The Balaban J connectivity index is 2.38. The molecule has 0 unspecified atom stereocenters. The summed E-state index contributed by atoms with van der Waals surface area (Å²) in [6.45, 7) is 0. The molecule has 0 saturated carbocycles. The molecule has 0 aliphatic rings. The summed E-state index contributed by atoms with van der Waals surface area (Å²) < 4.78 is 40.9. The van der Waals surface area contributed by atoms with Crippen molar-refractivity contribution in [1.29, 1.82) is 0 Å². The molecule has 1 N–H and O–H groups in total. The lowest BCUT2D eigenvalue weighted by atomic mass is 10.1. The summed E-state index contributed by atoms with van der Waals surface area (Å²) in [4.78, 5) is 22.5. The third kappa shape index (κ3) is 2.73. The number of alkyl halides is 3. The van der Waals surface area contributed by atoms with E-state index in [4.69, 9.17) is 0 Å². The predicted molar refractivity (Wildman–Crippen MR) is 63.5 cm³/mol. The van der Waals surface area contributed by atoms with Crippen molar-refractivity contribution >= 4 is 6.29 Å². The zero-order valence-electron chi connectivity index (χ0n) is 10.2. The van der Waals surface area contributed by atoms with E-state index < -0.39 is 11.9 Å². The van der Waals surface area contributed by atoms with Crippen LogP contribution in [-0.4, -0.2) is 22.4 Å². The summed E-state index contributed by atoms with van der Waals surface area (Å²) in [5.74, 6) is -0.382. The van der Waals surface area contributed by atoms with Gasteiger partial charge in [-0.1, -0.05) is 0 Å². The third-order valence-electron chi connectivity index (χ3n) is 2.58. The number of hydrogen-bond acceptors (Lipinski definition) is 3. The largest absolute Gasteiger partial charge is 0.573 e. The fraction of sp³-hybridized carbons (Fsp3) is 0.167. The number of H-pyrrole nitrogens is 1. The number of nitrogens with one attached hydrogen (secondary N) is 1. The first-order chi connectivity index (χ1) is 9.31. The zero-order chi connectivity index (χ0) is 14.9. The Morgan fingerprint density at radius 2 is 1.85 bits per heavy atom. The lowest BCUT2D eigenvalue weighted by Crippen LogP contribution is -2.16. The molecule has 8 heteroatoms. The number of rotatable bonds is 3. The van der Waals surface area contributed by atoms with Crippen LogP contribution in [0.25, 0.3) is 11.3 Å². The van der Waals surface area contributed by atoms with Crippen molar-refractivity contribution < 1.29 is 22.7 Å². The Kier molecular flexibility index (Phi) is 3.39. The molecule has 1 heterocycles. The average molecular weight is 286 g/mol. The van der Waals surface area contributed by atoms with Gasteiger partial charge in [-0.2, -0.15) is 0 Å². The van der Waals surface area contributed by atoms with Crippen LogP contribution in [0.2, 0.25) is 0 Å². The Labute approximate surface area is 110 Å². The van der Waals surface area contributed by atoms with Crippen LogP contribution in [0.3, 0.4) is 0 Å². The minimum absolute atomic E-state index is 0.0861. The number of hydrogen-bond donors (Lipinski definition) is 1. The van der Waals surface area contributed by atoms with Gasteiger partial charge in [0.15, 0.2) is 6.29 Å². The number of aromatic amines is 1. The van der Waals surface area contributed by atoms with E-state index in [1.54, 1.807) is 0 Å². The molecule has 106 valence electrons. The maximum absolute atomic E-state index is 12.0. The first-order valence-electron chi connectivity index (χ1n) is 5.42. The van der Waals surface area contributed by atoms with Gasteiger partial charge in [0.05, 0.1) is 5.69 Å². The molecule has 2 aromatic rings. The van der Waals surface area contributed by atoms with Gasteiger partial charge in [0.2, 0.25) is 0 Å². The molecule has 1 aromatic heterocycles. The Hall–Kier alpha value is -2.51. The van der Waals surface area contributed by atoms with Gasteiger partial charge < -0.3 is 4.74 Å². The average Bonchev–Trinajstić information content (AvgIpc) is 2.64. The summed E-state index contributed by atoms with van der Waals surface area (Å²) in [6, 6.07) is 4.84. The fourth-order valence-electron chi connectivity index (χ4n) is 1.72. The van der Waals surface area contributed by atoms with Crippen LogP contribution in [0.4, 0.5) is 13.2 Å². The Morgan fingerprint density at radius 1 is 1.25 bits per heavy atom. The minimum Gasteiger partial charge on any atom is -0.406 e. The fourth-order valence-corrected chi connectivity index (χ4v) is 1.72. The van der Waals surface area contributed by atoms with Crippen LogP contribution in [0.1, 0.15) is 10.4 Å². The molecule has 0 fully saturated rings. The molecule has 0 bridgehead atoms. The summed E-state index contributed by atoms with van der Waals surface area (Å²) in [5, 5.41) is 2.66. The number of carbonyl (C=O) groups excluding carboxylic acids is 1. The monoisotopic (exact) mass is 286 g/mol. The molecule has 0 aliphatic carbocycles. The van der Waals surface area contributed by atoms with Crippen molar-refractivity contribution in [3.8, 4) is 17.0 Å². The highest BCUT2D eigenvalue weighted by atomic mass is 19.4. The van der Waals surface area contributed by atoms with Gasteiger partial charge in [0.1, 0.15) is 11.3 Å². The first-order valence-corrected chi connectivity index (χ1v) is 5.42. The summed E-state index contributed by atoms with van der Waals surface area (Å²) >= 11 is 0. The second-order valence-corrected chi connectivity index (χ2v) is 3.95. The standard InChI is InChI=1S/C12H9F3N2O3/c1-17-11(19)9(6-18)10(16-17)7-2-4-8(5-3-7)20-12(13,14)15/h2-6,16H,1H3. The van der Waals surface area contributed by atoms with Crippen molar-refractivity contribution in [3.05, 3.63) is 40.2 Å². The van der Waals surface area contributed by atoms with E-state index in [0.717, 1.165) is 16.8 Å². The summed E-state index contributed by atoms with van der Waals surface area (Å²) in [6.07, 6.45) is -4.37. The summed E-state index contributed by atoms with van der Waals surface area (Å²) in [7, 11) is 1.43. The van der Waals surface area contributed by atoms with Crippen LogP contribution in [0, 0.1) is 0 Å². The van der Waals surface area contributed by atoms with Gasteiger partial charge in [-0.15, -0.1) is 13.2 Å². The number of aldehydes is 1. The molecule has 0 aliphatic heterocycles. The molecule has 0 atom stereocenters. The van der Waals surface area contributed by atoms with Gasteiger partial charge in [-0.25, -0.2) is 0 Å². The van der Waals surface area contributed by atoms with E-state index in [0.29, 0.717) is 11.8 Å². The maximum Gasteiger partial charge on any atom is 0.573 e.